The Kier molecular flexibility index (Phi) is 9.19. The van der Waals surface area contributed by atoms with Gasteiger partial charge in [-0.25, -0.2) is 0 Å². The second-order valence-electron chi connectivity index (χ2n) is 18.9. The number of para-hydroxylation sites is 4. The summed E-state index contributed by atoms with van der Waals surface area (Å²) < 4.78 is 12.3. The summed E-state index contributed by atoms with van der Waals surface area (Å²) in [6.07, 6.45) is 0. The molecule has 0 saturated heterocycles. The molecule has 15 aromatic rings. The molecule has 0 bridgehead atoms. The van der Waals surface area contributed by atoms with Crippen LogP contribution in [0.2, 0.25) is 0 Å². The van der Waals surface area contributed by atoms with E-state index < -0.39 is 0 Å². The molecule has 0 aliphatic heterocycles. The van der Waals surface area contributed by atoms with Crippen LogP contribution in [0.25, 0.3) is 98.5 Å². The summed E-state index contributed by atoms with van der Waals surface area (Å²) in [6, 6.07) is 96.3. The molecule has 0 fully saturated rings. The molecule has 0 aliphatic carbocycles. The third-order valence-electron chi connectivity index (χ3n) is 14.8. The lowest BCUT2D eigenvalue weighted by molar-refractivity contribution is 0.677. The Balaban J connectivity index is 1.01. The number of benzene rings is 12. The smallest absolute Gasteiger partial charge is 0.145 e. The van der Waals surface area contributed by atoms with Gasteiger partial charge in [0.1, 0.15) is 11.2 Å². The summed E-state index contributed by atoms with van der Waals surface area (Å²) in [5.41, 5.74) is 14.8. The van der Waals surface area contributed by atoms with E-state index in [2.05, 4.69) is 286 Å². The minimum Gasteiger partial charge on any atom is -0.455 e. The van der Waals surface area contributed by atoms with Crippen molar-refractivity contribution in [1.82, 2.24) is 9.13 Å². The van der Waals surface area contributed by atoms with Gasteiger partial charge in [-0.3, -0.25) is 0 Å². The van der Waals surface area contributed by atoms with Crippen molar-refractivity contribution < 1.29 is 4.42 Å². The molecule has 0 atom stereocenters. The first-order chi connectivity index (χ1) is 36.2. The molecule has 0 radical (unpaired) electrons. The standard InChI is InChI=1S/C68H44N4O/c1-5-21-49(22-6-1)69(53-31-29-45-17-13-15-19-47(45)41-53)55-33-37-61-59(43-55)65-63(71(61)51-25-9-3-10-26-51)39-35-57-58-36-40-64-66(68(58)73-67(57)65)60-44-56(34-38-62(60)72(64)52-27-11-4-12-28-52)70(50-23-7-2-8-24-50)54-32-30-46-18-14-16-20-48(46)42-54/h1-44H. The lowest BCUT2D eigenvalue weighted by atomic mass is 10.0. The maximum absolute atomic E-state index is 7.58. The van der Waals surface area contributed by atoms with Crippen molar-refractivity contribution in [3.05, 3.63) is 267 Å². The van der Waals surface area contributed by atoms with Crippen molar-refractivity contribution in [2.45, 2.75) is 0 Å². The van der Waals surface area contributed by atoms with Crippen LogP contribution in [0.4, 0.5) is 34.1 Å². The number of nitrogens with zero attached hydrogens (tertiary/aromatic N) is 4. The van der Waals surface area contributed by atoms with Gasteiger partial charge in [-0.15, -0.1) is 0 Å². The van der Waals surface area contributed by atoms with Crippen LogP contribution < -0.4 is 9.80 Å². The van der Waals surface area contributed by atoms with Gasteiger partial charge in [-0.1, -0.05) is 133 Å². The van der Waals surface area contributed by atoms with Gasteiger partial charge < -0.3 is 23.4 Å². The van der Waals surface area contributed by atoms with E-state index >= 15 is 0 Å². The Bertz CT molecular complexity index is 4320. The third-order valence-corrected chi connectivity index (χ3v) is 14.8. The van der Waals surface area contributed by atoms with E-state index in [9.17, 15) is 0 Å². The lowest BCUT2D eigenvalue weighted by Gasteiger charge is -2.26. The predicted molar refractivity (Wildman–Crippen MR) is 307 cm³/mol. The van der Waals surface area contributed by atoms with Crippen LogP contribution in [0.5, 0.6) is 0 Å². The fourth-order valence-corrected chi connectivity index (χ4v) is 11.5. The number of anilines is 6. The van der Waals surface area contributed by atoms with Crippen molar-refractivity contribution in [1.29, 1.82) is 0 Å². The van der Waals surface area contributed by atoms with Gasteiger partial charge in [-0.2, -0.15) is 0 Å². The van der Waals surface area contributed by atoms with Gasteiger partial charge in [0, 0.05) is 67.0 Å². The van der Waals surface area contributed by atoms with Crippen molar-refractivity contribution in [2.24, 2.45) is 0 Å². The van der Waals surface area contributed by atoms with Crippen LogP contribution in [0.1, 0.15) is 0 Å². The van der Waals surface area contributed by atoms with Crippen LogP contribution >= 0.6 is 0 Å². The Morgan fingerprint density at radius 3 is 1.01 bits per heavy atom. The van der Waals surface area contributed by atoms with E-state index in [0.717, 1.165) is 111 Å². The minimum atomic E-state index is 0.868. The fourth-order valence-electron chi connectivity index (χ4n) is 11.5. The molecule has 342 valence electrons. The van der Waals surface area contributed by atoms with E-state index in [1.807, 2.05) is 0 Å². The third kappa shape index (κ3) is 6.49. The van der Waals surface area contributed by atoms with Crippen LogP contribution in [0.3, 0.4) is 0 Å². The van der Waals surface area contributed by atoms with Gasteiger partial charge in [-0.05, 0) is 155 Å². The lowest BCUT2D eigenvalue weighted by Crippen LogP contribution is -2.09. The Morgan fingerprint density at radius 2 is 0.589 bits per heavy atom. The number of fused-ring (bicyclic) bond motifs is 13. The van der Waals surface area contributed by atoms with Crippen LogP contribution in [-0.2, 0) is 0 Å². The summed E-state index contributed by atoms with van der Waals surface area (Å²) >= 11 is 0. The zero-order valence-corrected chi connectivity index (χ0v) is 39.6. The van der Waals surface area contributed by atoms with Gasteiger partial charge in [0.05, 0.1) is 32.8 Å². The number of furan rings is 1. The SMILES string of the molecule is c1ccc(N(c2ccc3ccccc3c2)c2ccc3c(c2)c2c4oc5c(ccc6c5c5cc(N(c7ccccc7)c7ccc8ccccc8c7)ccc5n6-c5ccccc5)c4ccc2n3-c2ccccc2)cc1. The van der Waals surface area contributed by atoms with Crippen molar-refractivity contribution in [2.75, 3.05) is 9.80 Å². The molecule has 0 unspecified atom stereocenters. The molecule has 15 rings (SSSR count). The number of aromatic nitrogens is 2. The summed E-state index contributed by atoms with van der Waals surface area (Å²) in [7, 11) is 0. The van der Waals surface area contributed by atoms with E-state index in [-0.39, 0.29) is 0 Å². The fraction of sp³-hybridized carbons (Fsp3) is 0. The van der Waals surface area contributed by atoms with E-state index in [4.69, 9.17) is 4.42 Å². The number of hydrogen-bond acceptors (Lipinski definition) is 3. The first-order valence-corrected chi connectivity index (χ1v) is 24.9. The van der Waals surface area contributed by atoms with E-state index in [1.165, 1.54) is 21.5 Å². The highest BCUT2D eigenvalue weighted by Crippen LogP contribution is 2.48. The molecule has 5 nitrogen and oxygen atoms in total. The minimum absolute atomic E-state index is 0.868. The molecule has 73 heavy (non-hydrogen) atoms. The van der Waals surface area contributed by atoms with Crippen LogP contribution in [-0.4, -0.2) is 9.13 Å². The van der Waals surface area contributed by atoms with Crippen molar-refractivity contribution in [3.8, 4) is 11.4 Å². The van der Waals surface area contributed by atoms with Gasteiger partial charge in [0.2, 0.25) is 0 Å². The average Bonchev–Trinajstić information content (AvgIpc) is 4.13. The first kappa shape index (κ1) is 41.0. The second-order valence-corrected chi connectivity index (χ2v) is 18.9. The molecule has 12 aromatic carbocycles. The number of hydrogen-bond donors (Lipinski definition) is 0. The Morgan fingerprint density at radius 1 is 0.247 bits per heavy atom. The summed E-state index contributed by atoms with van der Waals surface area (Å²) in [5.74, 6) is 0. The van der Waals surface area contributed by atoms with Crippen molar-refractivity contribution in [3.63, 3.8) is 0 Å². The molecule has 0 N–H and O–H groups in total. The number of rotatable bonds is 8. The highest BCUT2D eigenvalue weighted by Gasteiger charge is 2.25. The zero-order chi connectivity index (χ0) is 48.0. The monoisotopic (exact) mass is 932 g/mol. The van der Waals surface area contributed by atoms with Gasteiger partial charge in [0.15, 0.2) is 0 Å². The van der Waals surface area contributed by atoms with E-state index in [0.29, 0.717) is 0 Å². The normalized spacial score (nSPS) is 11.8. The summed E-state index contributed by atoms with van der Waals surface area (Å²) in [6.45, 7) is 0. The van der Waals surface area contributed by atoms with E-state index in [1.54, 1.807) is 0 Å². The Labute approximate surface area is 420 Å². The molecular formula is C68H44N4O. The van der Waals surface area contributed by atoms with Gasteiger partial charge in [0.25, 0.3) is 0 Å². The zero-order valence-electron chi connectivity index (χ0n) is 39.6. The molecule has 0 saturated carbocycles. The predicted octanol–water partition coefficient (Wildman–Crippen LogP) is 19.0. The molecule has 0 aliphatic rings. The van der Waals surface area contributed by atoms with Gasteiger partial charge >= 0.3 is 0 Å². The molecule has 5 heteroatoms. The summed E-state index contributed by atoms with van der Waals surface area (Å²) in [4.78, 5) is 4.74. The first-order valence-electron chi connectivity index (χ1n) is 24.9. The van der Waals surface area contributed by atoms with Crippen LogP contribution in [0.15, 0.2) is 271 Å². The maximum atomic E-state index is 7.58. The molecule has 3 aromatic heterocycles. The Hall–Kier alpha value is -9.84. The topological polar surface area (TPSA) is 29.5 Å². The van der Waals surface area contributed by atoms with Crippen LogP contribution in [0, 0.1) is 0 Å². The van der Waals surface area contributed by atoms with Crippen molar-refractivity contribution >= 4 is 121 Å². The molecule has 0 amide bonds. The molecule has 0 spiro atoms. The summed E-state index contributed by atoms with van der Waals surface area (Å²) in [5, 5.41) is 11.3. The average molecular weight is 933 g/mol. The second kappa shape index (κ2) is 16.4. The quantitative estimate of drug-likeness (QED) is 0.152. The maximum Gasteiger partial charge on any atom is 0.145 e. The molecule has 3 heterocycles. The highest BCUT2D eigenvalue weighted by molar-refractivity contribution is 6.29. The molecular weight excluding hydrogens is 889 g/mol. The largest absolute Gasteiger partial charge is 0.455 e. The highest BCUT2D eigenvalue weighted by atomic mass is 16.3.